The molecule has 0 aliphatic carbocycles. The van der Waals surface area contributed by atoms with Gasteiger partial charge in [0.15, 0.2) is 0 Å². The first kappa shape index (κ1) is 40.3. The molecule has 0 heterocycles. The lowest BCUT2D eigenvalue weighted by Crippen LogP contribution is -2.24. The molecule has 2 aromatic carbocycles. The number of rotatable bonds is 16. The first-order chi connectivity index (χ1) is 21.6. The molecule has 2 unspecified atom stereocenters. The quantitative estimate of drug-likeness (QED) is 0.0726. The van der Waals surface area contributed by atoms with Gasteiger partial charge in [0, 0.05) is 0 Å². The predicted octanol–water partition coefficient (Wildman–Crippen LogP) is 9.96. The molecule has 2 rings (SSSR count). The Hall–Kier alpha value is -2.90. The molecule has 262 valence electrons. The summed E-state index contributed by atoms with van der Waals surface area (Å²) in [6, 6.07) is 9.25. The average molecular weight is 695 g/mol. The van der Waals surface area contributed by atoms with Crippen molar-refractivity contribution in [3.05, 3.63) is 53.6 Å². The van der Waals surface area contributed by atoms with E-state index >= 15 is 0 Å². The number of esters is 2. The molecule has 2 atom stereocenters. The summed E-state index contributed by atoms with van der Waals surface area (Å²) < 4.78 is 61.0. The van der Waals surface area contributed by atoms with Crippen molar-refractivity contribution >= 4 is 32.7 Å². The van der Waals surface area contributed by atoms with Crippen LogP contribution in [0.3, 0.4) is 0 Å². The van der Waals surface area contributed by atoms with Crippen LogP contribution in [0.5, 0.6) is 11.5 Å². The third-order valence-corrected chi connectivity index (χ3v) is 9.01. The lowest BCUT2D eigenvalue weighted by atomic mass is 9.91. The van der Waals surface area contributed by atoms with Crippen LogP contribution in [0.2, 0.25) is 0 Å². The maximum absolute atomic E-state index is 13.7. The standard InChI is InChI=1S/C35H52O10P2/c1-13-14-15-16-26-20-29(44-46(11,38)42-22-40-32(36)34(5,6)7)31(28-19-25(4)17-18-27(28)24(2)3)30(21-26)45-47(12,39)43-23-41-33(37)35(8,9)10/h17-21H,2,13-16,22-23H2,1,3-12H3. The highest BCUT2D eigenvalue weighted by Crippen LogP contribution is 2.54. The van der Waals surface area contributed by atoms with Gasteiger partial charge in [-0.05, 0) is 97.1 Å². The topological polar surface area (TPSA) is 124 Å². The SMILES string of the molecule is C=C(C)c1ccc(C)cc1-c1c(OP(C)(=O)OCOC(=O)C(C)(C)C)cc(CCCCC)cc1OP(C)(=O)OCOC(=O)C(C)(C)C. The summed E-state index contributed by atoms with van der Waals surface area (Å²) in [5.74, 6) is -0.752. The zero-order valence-corrected chi connectivity index (χ0v) is 31.6. The molecule has 0 bridgehead atoms. The van der Waals surface area contributed by atoms with Crippen LogP contribution in [0.4, 0.5) is 0 Å². The second-order valence-electron chi connectivity index (χ2n) is 13.8. The molecule has 47 heavy (non-hydrogen) atoms. The smallest absolute Gasteiger partial charge is 0.379 e. The van der Waals surface area contributed by atoms with Crippen LogP contribution in [0.15, 0.2) is 36.9 Å². The number of ether oxygens (including phenoxy) is 2. The van der Waals surface area contributed by atoms with Gasteiger partial charge in [-0.15, -0.1) is 0 Å². The Labute approximate surface area is 280 Å². The Kier molecular flexibility index (Phi) is 14.1. The summed E-state index contributed by atoms with van der Waals surface area (Å²) >= 11 is 0. The van der Waals surface area contributed by atoms with Gasteiger partial charge in [0.05, 0.1) is 29.7 Å². The van der Waals surface area contributed by atoms with Crippen molar-refractivity contribution in [3.63, 3.8) is 0 Å². The molecule has 0 N–H and O–H groups in total. The van der Waals surface area contributed by atoms with E-state index in [1.165, 1.54) is 13.3 Å². The van der Waals surface area contributed by atoms with Gasteiger partial charge in [-0.3, -0.25) is 18.6 Å². The molecular weight excluding hydrogens is 642 g/mol. The Bertz CT molecular complexity index is 1460. The molecule has 0 spiro atoms. The summed E-state index contributed by atoms with van der Waals surface area (Å²) in [6.45, 7) is 21.6. The molecule has 0 amide bonds. The van der Waals surface area contributed by atoms with Gasteiger partial charge >= 0.3 is 27.1 Å². The van der Waals surface area contributed by atoms with Crippen molar-refractivity contribution in [3.8, 4) is 22.6 Å². The van der Waals surface area contributed by atoms with Gasteiger partial charge in [0.25, 0.3) is 0 Å². The largest absolute Gasteiger partial charge is 0.438 e. The van der Waals surface area contributed by atoms with E-state index in [0.29, 0.717) is 17.5 Å². The summed E-state index contributed by atoms with van der Waals surface area (Å²) in [5.41, 5.74) is 2.58. The molecular formula is C35H52O10P2. The average Bonchev–Trinajstić information content (AvgIpc) is 2.91. The number of benzene rings is 2. The monoisotopic (exact) mass is 694 g/mol. The van der Waals surface area contributed by atoms with Gasteiger partial charge in [-0.2, -0.15) is 0 Å². The highest BCUT2D eigenvalue weighted by atomic mass is 31.2. The molecule has 0 saturated carbocycles. The Morgan fingerprint density at radius 3 is 1.66 bits per heavy atom. The number of allylic oxidation sites excluding steroid dienone is 1. The molecule has 0 aromatic heterocycles. The van der Waals surface area contributed by atoms with Gasteiger partial charge < -0.3 is 18.5 Å². The third kappa shape index (κ3) is 12.9. The van der Waals surface area contributed by atoms with Gasteiger partial charge in [-0.25, -0.2) is 9.13 Å². The fourth-order valence-electron chi connectivity index (χ4n) is 4.21. The highest BCUT2D eigenvalue weighted by Gasteiger charge is 2.31. The van der Waals surface area contributed by atoms with Crippen molar-refractivity contribution in [1.82, 2.24) is 0 Å². The van der Waals surface area contributed by atoms with Crippen molar-refractivity contribution in [2.45, 2.75) is 88.0 Å². The minimum Gasteiger partial charge on any atom is -0.438 e. The third-order valence-electron chi connectivity index (χ3n) is 6.81. The predicted molar refractivity (Wildman–Crippen MR) is 186 cm³/mol. The molecule has 0 radical (unpaired) electrons. The minimum absolute atomic E-state index is 0.147. The summed E-state index contributed by atoms with van der Waals surface area (Å²) in [7, 11) is -7.80. The van der Waals surface area contributed by atoms with Crippen LogP contribution in [-0.2, 0) is 43.7 Å². The van der Waals surface area contributed by atoms with E-state index in [2.05, 4.69) is 13.5 Å². The summed E-state index contributed by atoms with van der Waals surface area (Å²) in [4.78, 5) is 24.5. The van der Waals surface area contributed by atoms with Crippen LogP contribution in [0.1, 0.15) is 91.3 Å². The highest BCUT2D eigenvalue weighted by molar-refractivity contribution is 7.53. The molecule has 0 aliphatic rings. The fraction of sp³-hybridized carbons (Fsp3) is 0.543. The first-order valence-corrected chi connectivity index (χ1v) is 19.7. The van der Waals surface area contributed by atoms with E-state index < -0.39 is 51.5 Å². The lowest BCUT2D eigenvalue weighted by molar-refractivity contribution is -0.160. The zero-order chi connectivity index (χ0) is 35.8. The number of carbonyl (C=O) groups is 2. The molecule has 10 nitrogen and oxygen atoms in total. The zero-order valence-electron chi connectivity index (χ0n) is 29.8. The number of aryl methyl sites for hydroxylation is 2. The van der Waals surface area contributed by atoms with Gasteiger partial charge in [-0.1, -0.05) is 55.7 Å². The van der Waals surface area contributed by atoms with Crippen molar-refractivity contribution in [2.75, 3.05) is 26.9 Å². The molecule has 12 heteroatoms. The Balaban J connectivity index is 2.68. The fourth-order valence-corrected chi connectivity index (χ4v) is 5.80. The van der Waals surface area contributed by atoms with Crippen LogP contribution in [-0.4, -0.2) is 38.9 Å². The lowest BCUT2D eigenvalue weighted by Gasteiger charge is -2.25. The van der Waals surface area contributed by atoms with E-state index in [4.69, 9.17) is 27.6 Å². The maximum atomic E-state index is 13.7. The van der Waals surface area contributed by atoms with Crippen LogP contribution < -0.4 is 9.05 Å². The summed E-state index contributed by atoms with van der Waals surface area (Å²) in [5, 5.41) is 0. The van der Waals surface area contributed by atoms with Crippen LogP contribution >= 0.6 is 15.2 Å². The van der Waals surface area contributed by atoms with Crippen molar-refractivity contribution < 1.29 is 46.3 Å². The summed E-state index contributed by atoms with van der Waals surface area (Å²) in [6.07, 6.45) is 3.43. The van der Waals surface area contributed by atoms with E-state index in [9.17, 15) is 18.7 Å². The first-order valence-electron chi connectivity index (χ1n) is 15.7. The Morgan fingerprint density at radius 2 is 1.26 bits per heavy atom. The van der Waals surface area contributed by atoms with E-state index in [-0.39, 0.29) is 11.5 Å². The van der Waals surface area contributed by atoms with Gasteiger partial charge in [0.1, 0.15) is 11.5 Å². The van der Waals surface area contributed by atoms with Crippen LogP contribution in [0.25, 0.3) is 16.7 Å². The minimum atomic E-state index is -3.90. The second kappa shape index (κ2) is 16.5. The van der Waals surface area contributed by atoms with Gasteiger partial charge in [0.2, 0.25) is 13.6 Å². The normalized spacial score (nSPS) is 14.4. The molecule has 0 saturated heterocycles. The second-order valence-corrected chi connectivity index (χ2v) is 17.8. The number of carbonyl (C=O) groups excluding carboxylic acids is 2. The van der Waals surface area contributed by atoms with E-state index in [1.807, 2.05) is 32.0 Å². The van der Waals surface area contributed by atoms with E-state index in [1.54, 1.807) is 53.7 Å². The molecule has 0 aliphatic heterocycles. The molecule has 2 aromatic rings. The van der Waals surface area contributed by atoms with E-state index in [0.717, 1.165) is 41.5 Å². The Morgan fingerprint density at radius 1 is 0.787 bits per heavy atom. The molecule has 0 fully saturated rings. The van der Waals surface area contributed by atoms with Crippen molar-refractivity contribution in [1.29, 1.82) is 0 Å². The maximum Gasteiger partial charge on any atom is 0.379 e. The number of hydrogen-bond acceptors (Lipinski definition) is 10. The number of hydrogen-bond donors (Lipinski definition) is 0. The van der Waals surface area contributed by atoms with Crippen LogP contribution in [0, 0.1) is 17.8 Å². The number of unbranched alkanes of at least 4 members (excludes halogenated alkanes) is 2. The van der Waals surface area contributed by atoms with Crippen molar-refractivity contribution in [2.24, 2.45) is 10.8 Å².